The zero-order valence-electron chi connectivity index (χ0n) is 18.1. The molecule has 4 aromatic carbocycles. The lowest BCUT2D eigenvalue weighted by atomic mass is 9.76. The number of aryl methyl sites for hydroxylation is 1. The summed E-state index contributed by atoms with van der Waals surface area (Å²) in [6, 6.07) is 33.3. The van der Waals surface area contributed by atoms with E-state index in [-0.39, 0.29) is 0 Å². The second-order valence-electron chi connectivity index (χ2n) is 8.53. The van der Waals surface area contributed by atoms with E-state index in [1.54, 1.807) is 7.11 Å². The molecule has 0 unspecified atom stereocenters. The van der Waals surface area contributed by atoms with Crippen molar-refractivity contribution in [2.24, 2.45) is 0 Å². The molecule has 4 aromatic rings. The van der Waals surface area contributed by atoms with Crippen molar-refractivity contribution in [1.82, 2.24) is 5.32 Å². The summed E-state index contributed by atoms with van der Waals surface area (Å²) in [6.45, 7) is 0.824. The van der Waals surface area contributed by atoms with Crippen molar-refractivity contribution >= 4 is 10.8 Å². The molecular weight excluding hydrogens is 378 g/mol. The maximum Gasteiger partial charge on any atom is 0.123 e. The number of hydrogen-bond acceptors (Lipinski definition) is 2. The summed E-state index contributed by atoms with van der Waals surface area (Å²) in [6.07, 6.45) is 3.34. The smallest absolute Gasteiger partial charge is 0.123 e. The van der Waals surface area contributed by atoms with E-state index in [0.717, 1.165) is 31.6 Å². The molecule has 156 valence electrons. The Morgan fingerprint density at radius 2 is 1.61 bits per heavy atom. The lowest BCUT2D eigenvalue weighted by Crippen LogP contribution is -2.39. The number of rotatable bonds is 6. The summed E-state index contributed by atoms with van der Waals surface area (Å²) in [7, 11) is 1.75. The van der Waals surface area contributed by atoms with Crippen LogP contribution in [0.15, 0.2) is 91.0 Å². The number of hydrogen-bond donors (Lipinski definition) is 1. The lowest BCUT2D eigenvalue weighted by molar-refractivity contribution is 0.373. The number of ether oxygens (including phenoxy) is 1. The van der Waals surface area contributed by atoms with Crippen molar-refractivity contribution in [3.05, 3.63) is 113 Å². The monoisotopic (exact) mass is 407 g/mol. The number of fused-ring (bicyclic) bond motifs is 2. The van der Waals surface area contributed by atoms with Crippen LogP contribution in [-0.2, 0) is 19.4 Å². The van der Waals surface area contributed by atoms with Crippen LogP contribution >= 0.6 is 0 Å². The summed E-state index contributed by atoms with van der Waals surface area (Å²) >= 11 is 0. The Morgan fingerprint density at radius 1 is 0.839 bits per heavy atom. The minimum atomic E-state index is 0.436. The highest BCUT2D eigenvalue weighted by Crippen LogP contribution is 2.35. The Balaban J connectivity index is 1.42. The molecule has 0 saturated heterocycles. The second kappa shape index (κ2) is 8.95. The van der Waals surface area contributed by atoms with E-state index in [2.05, 4.69) is 84.2 Å². The molecule has 0 bridgehead atoms. The van der Waals surface area contributed by atoms with Gasteiger partial charge >= 0.3 is 0 Å². The van der Waals surface area contributed by atoms with E-state index in [1.165, 1.54) is 33.0 Å². The van der Waals surface area contributed by atoms with Gasteiger partial charge in [0.15, 0.2) is 0 Å². The zero-order valence-corrected chi connectivity index (χ0v) is 18.1. The van der Waals surface area contributed by atoms with Crippen LogP contribution in [0.3, 0.4) is 0 Å². The third kappa shape index (κ3) is 4.22. The normalized spacial score (nSPS) is 18.0. The van der Waals surface area contributed by atoms with Crippen molar-refractivity contribution in [3.8, 4) is 5.75 Å². The van der Waals surface area contributed by atoms with Gasteiger partial charge in [0, 0.05) is 24.1 Å². The van der Waals surface area contributed by atoms with Gasteiger partial charge in [0.1, 0.15) is 5.75 Å². The zero-order chi connectivity index (χ0) is 21.0. The molecule has 5 rings (SSSR count). The fraction of sp³-hybridized carbons (Fsp3) is 0.241. The molecule has 0 heterocycles. The van der Waals surface area contributed by atoms with E-state index < -0.39 is 0 Å². The first-order valence-corrected chi connectivity index (χ1v) is 11.2. The highest BCUT2D eigenvalue weighted by Gasteiger charge is 2.29. The van der Waals surface area contributed by atoms with E-state index in [4.69, 9.17) is 4.74 Å². The van der Waals surface area contributed by atoms with Crippen molar-refractivity contribution in [2.75, 3.05) is 7.11 Å². The Kier molecular flexibility index (Phi) is 5.73. The predicted molar refractivity (Wildman–Crippen MR) is 129 cm³/mol. The predicted octanol–water partition coefficient (Wildman–Crippen LogP) is 6.28. The van der Waals surface area contributed by atoms with E-state index in [9.17, 15) is 0 Å². The van der Waals surface area contributed by atoms with Crippen molar-refractivity contribution in [2.45, 2.75) is 37.8 Å². The van der Waals surface area contributed by atoms with Gasteiger partial charge in [-0.15, -0.1) is 0 Å². The first-order chi connectivity index (χ1) is 15.3. The van der Waals surface area contributed by atoms with E-state index in [0.29, 0.717) is 12.0 Å². The number of nitrogens with one attached hydrogen (secondary N) is 1. The van der Waals surface area contributed by atoms with Crippen molar-refractivity contribution in [3.63, 3.8) is 0 Å². The van der Waals surface area contributed by atoms with Gasteiger partial charge in [-0.3, -0.25) is 0 Å². The molecule has 0 fully saturated rings. The van der Waals surface area contributed by atoms with Crippen LogP contribution in [-0.4, -0.2) is 13.2 Å². The van der Waals surface area contributed by atoms with Crippen molar-refractivity contribution < 1.29 is 4.74 Å². The first-order valence-electron chi connectivity index (χ1n) is 11.2. The van der Waals surface area contributed by atoms with Gasteiger partial charge in [0.05, 0.1) is 7.11 Å². The standard InChI is InChI=1S/C29H29NO/c1-31-29-13-7-5-11-25(29)20-30-28-17-16-23-9-4-6-12-26(23)27(28)19-21-14-15-22-8-2-3-10-24(22)18-21/h2-15,18,27-28,30H,16-17,19-20H2,1H3/t27-,28+/m0/s1. The molecule has 2 atom stereocenters. The summed E-state index contributed by atoms with van der Waals surface area (Å²) in [5.74, 6) is 1.41. The summed E-state index contributed by atoms with van der Waals surface area (Å²) < 4.78 is 5.56. The Labute approximate surface area is 184 Å². The quantitative estimate of drug-likeness (QED) is 0.406. The molecule has 0 radical (unpaired) electrons. The molecule has 1 N–H and O–H groups in total. The minimum absolute atomic E-state index is 0.436. The summed E-state index contributed by atoms with van der Waals surface area (Å²) in [5.41, 5.74) is 5.63. The topological polar surface area (TPSA) is 21.3 Å². The highest BCUT2D eigenvalue weighted by atomic mass is 16.5. The van der Waals surface area contributed by atoms with Crippen LogP contribution in [0.5, 0.6) is 5.75 Å². The highest BCUT2D eigenvalue weighted by molar-refractivity contribution is 5.83. The third-order valence-electron chi connectivity index (χ3n) is 6.68. The van der Waals surface area contributed by atoms with Crippen LogP contribution in [0.2, 0.25) is 0 Å². The van der Waals surface area contributed by atoms with Gasteiger partial charge in [-0.25, -0.2) is 0 Å². The molecule has 0 spiro atoms. The molecule has 0 aromatic heterocycles. The van der Waals surface area contributed by atoms with Gasteiger partial charge < -0.3 is 10.1 Å². The molecule has 1 aliphatic rings. The molecule has 31 heavy (non-hydrogen) atoms. The van der Waals surface area contributed by atoms with Crippen LogP contribution in [0.25, 0.3) is 10.8 Å². The number of para-hydroxylation sites is 1. The molecule has 0 aliphatic heterocycles. The molecule has 0 saturated carbocycles. The maximum absolute atomic E-state index is 5.56. The number of benzene rings is 4. The average molecular weight is 408 g/mol. The van der Waals surface area contributed by atoms with Gasteiger partial charge in [0.25, 0.3) is 0 Å². The van der Waals surface area contributed by atoms with Gasteiger partial charge in [-0.05, 0) is 52.8 Å². The Morgan fingerprint density at radius 3 is 2.52 bits per heavy atom. The Hall–Kier alpha value is -3.10. The third-order valence-corrected chi connectivity index (χ3v) is 6.68. The second-order valence-corrected chi connectivity index (χ2v) is 8.53. The van der Waals surface area contributed by atoms with Crippen LogP contribution in [0.4, 0.5) is 0 Å². The SMILES string of the molecule is COc1ccccc1CN[C@@H]1CCc2ccccc2[C@@H]1Cc1ccc2ccccc2c1. The first kappa shape index (κ1) is 19.8. The van der Waals surface area contributed by atoms with Crippen LogP contribution < -0.4 is 10.1 Å². The largest absolute Gasteiger partial charge is 0.496 e. The van der Waals surface area contributed by atoms with Crippen LogP contribution in [0.1, 0.15) is 34.6 Å². The minimum Gasteiger partial charge on any atom is -0.496 e. The fourth-order valence-electron chi connectivity index (χ4n) is 5.06. The lowest BCUT2D eigenvalue weighted by Gasteiger charge is -2.35. The summed E-state index contributed by atoms with van der Waals surface area (Å²) in [5, 5.41) is 6.51. The van der Waals surface area contributed by atoms with Gasteiger partial charge in [-0.2, -0.15) is 0 Å². The molecule has 2 heteroatoms. The van der Waals surface area contributed by atoms with Crippen LogP contribution in [0, 0.1) is 0 Å². The Bertz CT molecular complexity index is 1180. The maximum atomic E-state index is 5.56. The van der Waals surface area contributed by atoms with E-state index in [1.807, 2.05) is 12.1 Å². The average Bonchev–Trinajstić information content (AvgIpc) is 2.83. The van der Waals surface area contributed by atoms with Crippen molar-refractivity contribution in [1.29, 1.82) is 0 Å². The van der Waals surface area contributed by atoms with Gasteiger partial charge in [-0.1, -0.05) is 84.9 Å². The molecule has 1 aliphatic carbocycles. The van der Waals surface area contributed by atoms with Gasteiger partial charge in [0.2, 0.25) is 0 Å². The fourth-order valence-corrected chi connectivity index (χ4v) is 5.06. The molecule has 2 nitrogen and oxygen atoms in total. The number of methoxy groups -OCH3 is 1. The van der Waals surface area contributed by atoms with E-state index >= 15 is 0 Å². The summed E-state index contributed by atoms with van der Waals surface area (Å²) in [4.78, 5) is 0. The molecular formula is C29H29NO. The molecule has 0 amide bonds.